The maximum atomic E-state index is 14.1. The van der Waals surface area contributed by atoms with Gasteiger partial charge in [0.2, 0.25) is 0 Å². The Labute approximate surface area is 181 Å². The minimum absolute atomic E-state index is 0.0719. The average molecular weight is 449 g/mol. The van der Waals surface area contributed by atoms with Gasteiger partial charge < -0.3 is 15.4 Å². The first-order chi connectivity index (χ1) is 14.2. The van der Waals surface area contributed by atoms with Crippen molar-refractivity contribution in [1.82, 2.24) is 4.90 Å². The molecule has 0 bridgehead atoms. The quantitative estimate of drug-likeness (QED) is 0.596. The summed E-state index contributed by atoms with van der Waals surface area (Å²) in [7, 11) is 0. The number of hydrogen-bond acceptors (Lipinski definition) is 4. The van der Waals surface area contributed by atoms with Crippen LogP contribution in [0.15, 0.2) is 36.4 Å². The van der Waals surface area contributed by atoms with E-state index in [2.05, 4.69) is 0 Å². The van der Waals surface area contributed by atoms with Crippen LogP contribution in [0, 0.1) is 11.6 Å². The van der Waals surface area contributed by atoms with E-state index in [-0.39, 0.29) is 17.3 Å². The summed E-state index contributed by atoms with van der Waals surface area (Å²) in [6, 6.07) is 8.36. The lowest BCUT2D eigenvalue weighted by Crippen LogP contribution is -2.68. The minimum Gasteiger partial charge on any atom is -0.334 e. The standard InChI is InChI=1S/C22H19ClF2N2O2S/c1-12(28)6-7-22(26)10-27(11-22)21(29)20-19(23)15-4-2-13(8-18(15)30-20)16-9-14(24)3-5-17(16)25/h2-5,8-9H,6-7,10-11,26H2,1H3. The topological polar surface area (TPSA) is 63.4 Å². The highest BCUT2D eigenvalue weighted by Crippen LogP contribution is 2.40. The van der Waals surface area contributed by atoms with Crippen LogP contribution in [-0.2, 0) is 4.79 Å². The van der Waals surface area contributed by atoms with Gasteiger partial charge in [0.1, 0.15) is 22.3 Å². The molecule has 2 heterocycles. The largest absolute Gasteiger partial charge is 0.334 e. The van der Waals surface area contributed by atoms with E-state index in [1.165, 1.54) is 18.3 Å². The Morgan fingerprint density at radius 3 is 2.63 bits per heavy atom. The minimum atomic E-state index is -0.549. The molecule has 0 atom stereocenters. The molecule has 156 valence electrons. The molecule has 1 aliphatic heterocycles. The second kappa shape index (κ2) is 7.72. The first-order valence-electron chi connectivity index (χ1n) is 9.42. The van der Waals surface area contributed by atoms with Crippen LogP contribution in [0.5, 0.6) is 0 Å². The van der Waals surface area contributed by atoms with Crippen molar-refractivity contribution in [3.05, 3.63) is 57.9 Å². The van der Waals surface area contributed by atoms with Crippen molar-refractivity contribution in [2.24, 2.45) is 5.73 Å². The summed E-state index contributed by atoms with van der Waals surface area (Å²) in [4.78, 5) is 26.1. The number of halogens is 3. The predicted octanol–water partition coefficient (Wildman–Crippen LogP) is 5.02. The van der Waals surface area contributed by atoms with Crippen LogP contribution in [0.4, 0.5) is 8.78 Å². The molecule has 4 rings (SSSR count). The van der Waals surface area contributed by atoms with Crippen LogP contribution in [0.3, 0.4) is 0 Å². The normalized spacial score (nSPS) is 15.3. The van der Waals surface area contributed by atoms with Gasteiger partial charge in [-0.2, -0.15) is 0 Å². The van der Waals surface area contributed by atoms with E-state index >= 15 is 0 Å². The predicted molar refractivity (Wildman–Crippen MR) is 115 cm³/mol. The van der Waals surface area contributed by atoms with Gasteiger partial charge in [-0.25, -0.2) is 8.78 Å². The Bertz CT molecular complexity index is 1170. The van der Waals surface area contributed by atoms with Crippen LogP contribution in [0.1, 0.15) is 29.4 Å². The van der Waals surface area contributed by atoms with Crippen molar-refractivity contribution < 1.29 is 18.4 Å². The molecule has 1 aliphatic rings. The molecule has 0 radical (unpaired) electrons. The van der Waals surface area contributed by atoms with Gasteiger partial charge in [-0.1, -0.05) is 23.7 Å². The molecule has 30 heavy (non-hydrogen) atoms. The van der Waals surface area contributed by atoms with Gasteiger partial charge in [0.15, 0.2) is 0 Å². The Balaban J connectivity index is 1.59. The first-order valence-corrected chi connectivity index (χ1v) is 10.6. The van der Waals surface area contributed by atoms with Crippen molar-refractivity contribution in [2.45, 2.75) is 25.3 Å². The number of likely N-dealkylation sites (tertiary alicyclic amines) is 1. The van der Waals surface area contributed by atoms with E-state index in [9.17, 15) is 18.4 Å². The van der Waals surface area contributed by atoms with Gasteiger partial charge in [-0.15, -0.1) is 11.3 Å². The summed E-state index contributed by atoms with van der Waals surface area (Å²) in [5.74, 6) is -1.20. The van der Waals surface area contributed by atoms with Crippen LogP contribution >= 0.6 is 22.9 Å². The number of carbonyl (C=O) groups is 2. The summed E-state index contributed by atoms with van der Waals surface area (Å²) >= 11 is 7.67. The summed E-state index contributed by atoms with van der Waals surface area (Å²) in [6.45, 7) is 2.25. The summed E-state index contributed by atoms with van der Waals surface area (Å²) < 4.78 is 28.4. The lowest BCUT2D eigenvalue weighted by atomic mass is 9.85. The second-order valence-electron chi connectivity index (χ2n) is 7.81. The van der Waals surface area contributed by atoms with Crippen molar-refractivity contribution in [3.63, 3.8) is 0 Å². The van der Waals surface area contributed by atoms with Crippen molar-refractivity contribution in [3.8, 4) is 11.1 Å². The van der Waals surface area contributed by atoms with Crippen LogP contribution < -0.4 is 5.73 Å². The van der Waals surface area contributed by atoms with Crippen LogP contribution in [0.25, 0.3) is 21.2 Å². The lowest BCUT2D eigenvalue weighted by Gasteiger charge is -2.47. The van der Waals surface area contributed by atoms with Gasteiger partial charge in [0.05, 0.1) is 10.6 Å². The maximum Gasteiger partial charge on any atom is 0.265 e. The fraction of sp³-hybridized carbons (Fsp3) is 0.273. The molecule has 0 saturated carbocycles. The summed E-state index contributed by atoms with van der Waals surface area (Å²) in [5.41, 5.74) is 6.34. The van der Waals surface area contributed by atoms with E-state index in [1.807, 2.05) is 0 Å². The summed E-state index contributed by atoms with van der Waals surface area (Å²) in [6.07, 6.45) is 0.927. The Hall–Kier alpha value is -2.35. The number of nitrogens with two attached hydrogens (primary N) is 1. The number of fused-ring (bicyclic) bond motifs is 1. The molecule has 0 aliphatic carbocycles. The fourth-order valence-electron chi connectivity index (χ4n) is 3.67. The SMILES string of the molecule is CC(=O)CCC1(N)CN(C(=O)c2sc3cc(-c4cc(F)ccc4F)ccc3c2Cl)C1. The number of nitrogens with zero attached hydrogens (tertiary/aromatic N) is 1. The molecule has 4 nitrogen and oxygen atoms in total. The number of ketones is 1. The maximum absolute atomic E-state index is 14.1. The lowest BCUT2D eigenvalue weighted by molar-refractivity contribution is -0.117. The molecule has 2 aromatic carbocycles. The number of benzene rings is 2. The van der Waals surface area contributed by atoms with Crippen LogP contribution in [-0.4, -0.2) is 35.2 Å². The van der Waals surface area contributed by atoms with Crippen molar-refractivity contribution in [2.75, 3.05) is 13.1 Å². The Morgan fingerprint density at radius 1 is 1.20 bits per heavy atom. The molecule has 3 aromatic rings. The zero-order valence-corrected chi connectivity index (χ0v) is 17.7. The van der Waals surface area contributed by atoms with E-state index in [1.54, 1.807) is 23.1 Å². The van der Waals surface area contributed by atoms with Gasteiger partial charge in [-0.05, 0) is 43.2 Å². The smallest absolute Gasteiger partial charge is 0.265 e. The van der Waals surface area contributed by atoms with Crippen molar-refractivity contribution >= 4 is 44.7 Å². The van der Waals surface area contributed by atoms with Gasteiger partial charge in [0.25, 0.3) is 5.91 Å². The average Bonchev–Trinajstić information content (AvgIpc) is 3.01. The third-order valence-electron chi connectivity index (χ3n) is 5.34. The molecule has 1 aromatic heterocycles. The van der Waals surface area contributed by atoms with Gasteiger partial charge in [0, 0.05) is 35.2 Å². The third kappa shape index (κ3) is 3.85. The number of thiophene rings is 1. The highest BCUT2D eigenvalue weighted by molar-refractivity contribution is 7.21. The highest BCUT2D eigenvalue weighted by Gasteiger charge is 2.42. The summed E-state index contributed by atoms with van der Waals surface area (Å²) in [5, 5.41) is 1.02. The molecule has 8 heteroatoms. The monoisotopic (exact) mass is 448 g/mol. The van der Waals surface area contributed by atoms with E-state index in [0.717, 1.165) is 18.2 Å². The first kappa shape index (κ1) is 20.9. The number of Topliss-reactive ketones (excluding diaryl/α,β-unsaturated/α-hetero) is 1. The molecule has 1 amide bonds. The van der Waals surface area contributed by atoms with Crippen molar-refractivity contribution in [1.29, 1.82) is 0 Å². The third-order valence-corrected chi connectivity index (χ3v) is 6.98. The highest BCUT2D eigenvalue weighted by atomic mass is 35.5. The second-order valence-corrected chi connectivity index (χ2v) is 9.24. The van der Waals surface area contributed by atoms with Gasteiger partial charge >= 0.3 is 0 Å². The van der Waals surface area contributed by atoms with Crippen LogP contribution in [0.2, 0.25) is 5.02 Å². The van der Waals surface area contributed by atoms with E-state index in [0.29, 0.717) is 51.5 Å². The Kier molecular flexibility index (Phi) is 5.38. The number of hydrogen-bond donors (Lipinski definition) is 1. The number of rotatable bonds is 5. The molecule has 2 N–H and O–H groups in total. The zero-order valence-electron chi connectivity index (χ0n) is 16.2. The molecule has 1 fully saturated rings. The number of carbonyl (C=O) groups excluding carboxylic acids is 2. The van der Waals surface area contributed by atoms with Gasteiger partial charge in [-0.3, -0.25) is 4.79 Å². The fourth-order valence-corrected chi connectivity index (χ4v) is 5.19. The molecular weight excluding hydrogens is 430 g/mol. The molecule has 0 unspecified atom stereocenters. The number of amides is 1. The molecule has 0 spiro atoms. The zero-order chi connectivity index (χ0) is 21.6. The molecule has 1 saturated heterocycles. The Morgan fingerprint density at radius 2 is 1.93 bits per heavy atom. The molecular formula is C22H19ClF2N2O2S. The van der Waals surface area contributed by atoms with E-state index < -0.39 is 17.2 Å². The van der Waals surface area contributed by atoms with E-state index in [4.69, 9.17) is 17.3 Å².